The first kappa shape index (κ1) is 13.8. The van der Waals surface area contributed by atoms with Crippen LogP contribution in [0.2, 0.25) is 0 Å². The molecule has 1 heteroatoms. The Labute approximate surface area is 106 Å². The average Bonchev–Trinajstić information content (AvgIpc) is 2.25. The lowest BCUT2D eigenvalue weighted by Gasteiger charge is -2.28. The van der Waals surface area contributed by atoms with E-state index in [1.807, 2.05) is 0 Å². The second kappa shape index (κ2) is 6.47. The van der Waals surface area contributed by atoms with E-state index in [0.717, 1.165) is 12.1 Å². The van der Waals surface area contributed by atoms with Crippen molar-refractivity contribution in [3.05, 3.63) is 35.4 Å². The Morgan fingerprint density at radius 1 is 1.00 bits per heavy atom. The monoisotopic (exact) mass is 229 g/mol. The number of nitrogens with zero attached hydrogens (tertiary/aromatic N) is 1. The molecule has 0 bridgehead atoms. The fourth-order valence-electron chi connectivity index (χ4n) is 1.83. The molecule has 0 heterocycles. The highest BCUT2D eigenvalue weighted by Gasteiger charge is 2.10. The van der Waals surface area contributed by atoms with Gasteiger partial charge >= 0.3 is 0 Å². The molecule has 1 aromatic rings. The van der Waals surface area contributed by atoms with E-state index in [-0.39, 0.29) is 0 Å². The van der Waals surface area contributed by atoms with Gasteiger partial charge in [0.25, 0.3) is 0 Å². The third kappa shape index (κ3) is 4.63. The summed E-state index contributed by atoms with van der Waals surface area (Å²) in [6.45, 7) is 11.8. The van der Waals surface area contributed by atoms with Crippen LogP contribution in [0.4, 0.5) is 0 Å². The van der Waals surface area contributed by atoms with Gasteiger partial charge in [0.1, 0.15) is 0 Å². The minimum absolute atomic E-state index is 0.544. The van der Waals surface area contributed by atoms with E-state index in [2.05, 4.69) is 75.6 Å². The topological polar surface area (TPSA) is 3.24 Å². The molecular weight excluding hydrogens is 206 g/mol. The third-order valence-corrected chi connectivity index (χ3v) is 2.87. The quantitative estimate of drug-likeness (QED) is 0.717. The summed E-state index contributed by atoms with van der Waals surface area (Å²) in [6, 6.07) is 9.46. The summed E-state index contributed by atoms with van der Waals surface area (Å²) in [5.41, 5.74) is 2.38. The minimum Gasteiger partial charge on any atom is -0.287 e. The van der Waals surface area contributed by atoms with Crippen LogP contribution < -0.4 is 0 Å². The summed E-state index contributed by atoms with van der Waals surface area (Å²) in [6.07, 6.45) is 0. The highest BCUT2D eigenvalue weighted by Crippen LogP contribution is 2.04. The Morgan fingerprint density at radius 3 is 2.00 bits per heavy atom. The van der Waals surface area contributed by atoms with E-state index in [1.54, 1.807) is 0 Å². The number of benzene rings is 1. The molecular formula is C16H23N. The zero-order valence-electron chi connectivity index (χ0n) is 11.6. The summed E-state index contributed by atoms with van der Waals surface area (Å²) in [4.78, 5) is 2.39. The van der Waals surface area contributed by atoms with Crippen LogP contribution in [0.3, 0.4) is 0 Å². The summed E-state index contributed by atoms with van der Waals surface area (Å²) in [7, 11) is 0. The molecule has 17 heavy (non-hydrogen) atoms. The zero-order chi connectivity index (χ0) is 12.8. The van der Waals surface area contributed by atoms with Gasteiger partial charge in [-0.15, -0.1) is 0 Å². The third-order valence-electron chi connectivity index (χ3n) is 2.87. The lowest BCUT2D eigenvalue weighted by molar-refractivity contribution is 0.200. The fraction of sp³-hybridized carbons (Fsp3) is 0.500. The maximum Gasteiger partial charge on any atom is 0.0609 e. The minimum atomic E-state index is 0.544. The van der Waals surface area contributed by atoms with Crippen molar-refractivity contribution < 1.29 is 0 Å². The first-order valence-corrected chi connectivity index (χ1v) is 6.32. The molecule has 0 N–H and O–H groups in total. The number of hydrogen-bond donors (Lipinski definition) is 0. The first-order valence-electron chi connectivity index (χ1n) is 6.32. The molecule has 0 radical (unpaired) electrons. The standard InChI is InChI=1S/C16H23N/c1-13(2)17(14(3)4)12-6-7-16-10-8-15(5)9-11-16/h8-11,13-14H,12H2,1-5H3. The zero-order valence-corrected chi connectivity index (χ0v) is 11.6. The molecule has 0 unspecified atom stereocenters. The molecule has 0 aliphatic heterocycles. The van der Waals surface area contributed by atoms with Crippen LogP contribution in [0.1, 0.15) is 38.8 Å². The Morgan fingerprint density at radius 2 is 1.53 bits per heavy atom. The van der Waals surface area contributed by atoms with Gasteiger partial charge in [0.2, 0.25) is 0 Å². The van der Waals surface area contributed by atoms with Crippen molar-refractivity contribution >= 4 is 0 Å². The molecule has 0 amide bonds. The number of rotatable bonds is 3. The van der Waals surface area contributed by atoms with Crippen LogP contribution in [0.15, 0.2) is 24.3 Å². The summed E-state index contributed by atoms with van der Waals surface area (Å²) in [5.74, 6) is 6.48. The van der Waals surface area contributed by atoms with Gasteiger partial charge in [0.15, 0.2) is 0 Å². The SMILES string of the molecule is Cc1ccc(C#CCN(C(C)C)C(C)C)cc1. The van der Waals surface area contributed by atoms with Crippen molar-refractivity contribution in [2.45, 2.75) is 46.7 Å². The Hall–Kier alpha value is -1.26. The Bertz CT molecular complexity index is 382. The van der Waals surface area contributed by atoms with Crippen molar-refractivity contribution in [3.8, 4) is 11.8 Å². The number of hydrogen-bond acceptors (Lipinski definition) is 1. The van der Waals surface area contributed by atoms with E-state index >= 15 is 0 Å². The molecule has 0 aromatic heterocycles. The van der Waals surface area contributed by atoms with Gasteiger partial charge in [0, 0.05) is 17.6 Å². The lowest BCUT2D eigenvalue weighted by atomic mass is 10.1. The Balaban J connectivity index is 2.63. The molecule has 0 aliphatic rings. The maximum absolute atomic E-state index is 3.26. The average molecular weight is 229 g/mol. The van der Waals surface area contributed by atoms with Crippen LogP contribution in [0.5, 0.6) is 0 Å². The normalized spacial score (nSPS) is 10.8. The number of aryl methyl sites for hydroxylation is 1. The molecule has 0 aliphatic carbocycles. The molecule has 0 saturated heterocycles. The lowest BCUT2D eigenvalue weighted by Crippen LogP contribution is -2.37. The maximum atomic E-state index is 3.26. The second-order valence-corrected chi connectivity index (χ2v) is 5.03. The largest absolute Gasteiger partial charge is 0.287 e. The summed E-state index contributed by atoms with van der Waals surface area (Å²) in [5, 5.41) is 0. The van der Waals surface area contributed by atoms with E-state index in [0.29, 0.717) is 12.1 Å². The molecule has 0 spiro atoms. The summed E-state index contributed by atoms with van der Waals surface area (Å²) >= 11 is 0. The van der Waals surface area contributed by atoms with E-state index < -0.39 is 0 Å². The molecule has 1 nitrogen and oxygen atoms in total. The van der Waals surface area contributed by atoms with Crippen LogP contribution in [-0.2, 0) is 0 Å². The van der Waals surface area contributed by atoms with Gasteiger partial charge in [-0.05, 0) is 46.8 Å². The van der Waals surface area contributed by atoms with Crippen molar-refractivity contribution in [3.63, 3.8) is 0 Å². The smallest absolute Gasteiger partial charge is 0.0609 e. The molecule has 0 saturated carbocycles. The first-order chi connectivity index (χ1) is 8.00. The van der Waals surface area contributed by atoms with Gasteiger partial charge in [-0.3, -0.25) is 4.90 Å². The van der Waals surface area contributed by atoms with Gasteiger partial charge in [0.05, 0.1) is 6.54 Å². The molecule has 1 aromatic carbocycles. The fourth-order valence-corrected chi connectivity index (χ4v) is 1.83. The van der Waals surface area contributed by atoms with Crippen LogP contribution in [-0.4, -0.2) is 23.5 Å². The van der Waals surface area contributed by atoms with Crippen molar-refractivity contribution in [2.24, 2.45) is 0 Å². The van der Waals surface area contributed by atoms with Crippen molar-refractivity contribution in [1.82, 2.24) is 4.90 Å². The van der Waals surface area contributed by atoms with Crippen LogP contribution >= 0.6 is 0 Å². The summed E-state index contributed by atoms with van der Waals surface area (Å²) < 4.78 is 0. The van der Waals surface area contributed by atoms with E-state index in [9.17, 15) is 0 Å². The second-order valence-electron chi connectivity index (χ2n) is 5.03. The van der Waals surface area contributed by atoms with Crippen molar-refractivity contribution in [1.29, 1.82) is 0 Å². The van der Waals surface area contributed by atoms with Crippen molar-refractivity contribution in [2.75, 3.05) is 6.54 Å². The van der Waals surface area contributed by atoms with Gasteiger partial charge in [-0.25, -0.2) is 0 Å². The van der Waals surface area contributed by atoms with Crippen LogP contribution in [0.25, 0.3) is 0 Å². The van der Waals surface area contributed by atoms with Gasteiger partial charge in [-0.2, -0.15) is 0 Å². The van der Waals surface area contributed by atoms with Crippen LogP contribution in [0, 0.1) is 18.8 Å². The van der Waals surface area contributed by atoms with Gasteiger partial charge < -0.3 is 0 Å². The predicted octanol–water partition coefficient (Wildman–Crippen LogP) is 3.47. The highest BCUT2D eigenvalue weighted by atomic mass is 15.2. The van der Waals surface area contributed by atoms with E-state index in [4.69, 9.17) is 0 Å². The molecule has 92 valence electrons. The van der Waals surface area contributed by atoms with Gasteiger partial charge in [-0.1, -0.05) is 29.5 Å². The molecule has 0 fully saturated rings. The molecule has 1 rings (SSSR count). The molecule has 0 atom stereocenters. The predicted molar refractivity (Wildman–Crippen MR) is 75.0 cm³/mol. The highest BCUT2D eigenvalue weighted by molar-refractivity contribution is 5.36. The van der Waals surface area contributed by atoms with E-state index in [1.165, 1.54) is 5.56 Å². The Kier molecular flexibility index (Phi) is 5.25.